The molecule has 3 rings (SSSR count). The van der Waals surface area contributed by atoms with Gasteiger partial charge in [-0.15, -0.1) is 0 Å². The van der Waals surface area contributed by atoms with Crippen LogP contribution in [0.15, 0.2) is 48.5 Å². The average molecular weight is 375 g/mol. The minimum Gasteiger partial charge on any atom is -0.507 e. The van der Waals surface area contributed by atoms with E-state index in [1.807, 2.05) is 6.92 Å². The smallest absolute Gasteiger partial charge is 0.435 e. The third kappa shape index (κ3) is 3.94. The van der Waals surface area contributed by atoms with Gasteiger partial charge in [0.1, 0.15) is 5.75 Å². The Labute approximate surface area is 153 Å². The standard InChI is InChI=1S/C19H16F3N3O2/c1-11-3-5-12(6-4-11)18(27)23-13-7-8-14(16(26)9-13)15-10-17(19(20,21)22)24-25(15)2/h3-10,26H,1-2H3,(H,23,27). The summed E-state index contributed by atoms with van der Waals surface area (Å²) in [7, 11) is 1.36. The Morgan fingerprint density at radius 3 is 2.33 bits per heavy atom. The van der Waals surface area contributed by atoms with Gasteiger partial charge in [-0.1, -0.05) is 17.7 Å². The maximum Gasteiger partial charge on any atom is 0.435 e. The molecule has 1 aromatic heterocycles. The van der Waals surface area contributed by atoms with Crippen LogP contribution < -0.4 is 5.32 Å². The second-order valence-electron chi connectivity index (χ2n) is 6.09. The number of aryl methyl sites for hydroxylation is 2. The van der Waals surface area contributed by atoms with Gasteiger partial charge in [0.25, 0.3) is 5.91 Å². The van der Waals surface area contributed by atoms with Crippen molar-refractivity contribution < 1.29 is 23.1 Å². The van der Waals surface area contributed by atoms with Crippen molar-refractivity contribution >= 4 is 11.6 Å². The lowest BCUT2D eigenvalue weighted by molar-refractivity contribution is -0.141. The van der Waals surface area contributed by atoms with Crippen molar-refractivity contribution in [2.75, 3.05) is 5.32 Å². The molecule has 2 N–H and O–H groups in total. The number of rotatable bonds is 3. The van der Waals surface area contributed by atoms with E-state index in [1.165, 1.54) is 25.2 Å². The molecule has 0 aliphatic heterocycles. The van der Waals surface area contributed by atoms with Crippen molar-refractivity contribution in [3.05, 3.63) is 65.4 Å². The lowest BCUT2D eigenvalue weighted by atomic mass is 10.1. The molecule has 0 saturated carbocycles. The normalized spacial score (nSPS) is 11.4. The molecule has 0 aliphatic rings. The van der Waals surface area contributed by atoms with Crippen LogP contribution in [0.25, 0.3) is 11.3 Å². The lowest BCUT2D eigenvalue weighted by Crippen LogP contribution is -2.11. The second-order valence-corrected chi connectivity index (χ2v) is 6.09. The van der Waals surface area contributed by atoms with Crippen molar-refractivity contribution in [2.24, 2.45) is 7.05 Å². The van der Waals surface area contributed by atoms with Gasteiger partial charge in [0, 0.05) is 29.9 Å². The van der Waals surface area contributed by atoms with Crippen LogP contribution in [-0.4, -0.2) is 20.8 Å². The molecular formula is C19H16F3N3O2. The molecule has 8 heteroatoms. The number of phenols is 1. The third-order valence-corrected chi connectivity index (χ3v) is 4.02. The molecule has 1 amide bonds. The van der Waals surface area contributed by atoms with Crippen molar-refractivity contribution in [2.45, 2.75) is 13.1 Å². The van der Waals surface area contributed by atoms with Crippen LogP contribution in [0.4, 0.5) is 18.9 Å². The van der Waals surface area contributed by atoms with E-state index in [-0.39, 0.29) is 22.9 Å². The Bertz CT molecular complexity index is 992. The number of benzene rings is 2. The first-order valence-corrected chi connectivity index (χ1v) is 7.98. The van der Waals surface area contributed by atoms with Crippen LogP contribution in [0.2, 0.25) is 0 Å². The highest BCUT2D eigenvalue weighted by molar-refractivity contribution is 6.04. The molecule has 3 aromatic rings. The van der Waals surface area contributed by atoms with Crippen LogP contribution in [0.5, 0.6) is 5.75 Å². The first kappa shape index (κ1) is 18.5. The van der Waals surface area contributed by atoms with Gasteiger partial charge in [-0.2, -0.15) is 18.3 Å². The molecular weight excluding hydrogens is 359 g/mol. The van der Waals surface area contributed by atoms with Crippen LogP contribution in [0.1, 0.15) is 21.6 Å². The highest BCUT2D eigenvalue weighted by atomic mass is 19.4. The van der Waals surface area contributed by atoms with Crippen molar-refractivity contribution in [1.82, 2.24) is 9.78 Å². The minimum absolute atomic E-state index is 0.108. The number of nitrogens with zero attached hydrogens (tertiary/aromatic N) is 2. The molecule has 0 aliphatic carbocycles. The Hall–Kier alpha value is -3.29. The molecule has 0 atom stereocenters. The monoisotopic (exact) mass is 375 g/mol. The van der Waals surface area contributed by atoms with Gasteiger partial charge < -0.3 is 10.4 Å². The van der Waals surface area contributed by atoms with E-state index in [9.17, 15) is 23.1 Å². The number of hydrogen-bond donors (Lipinski definition) is 2. The maximum absolute atomic E-state index is 12.8. The van der Waals surface area contributed by atoms with E-state index in [0.29, 0.717) is 11.3 Å². The Balaban J connectivity index is 1.85. The zero-order valence-corrected chi connectivity index (χ0v) is 14.5. The summed E-state index contributed by atoms with van der Waals surface area (Å²) in [6.07, 6.45) is -4.58. The largest absolute Gasteiger partial charge is 0.507 e. The van der Waals surface area contributed by atoms with Crippen LogP contribution in [0.3, 0.4) is 0 Å². The number of aromatic hydroxyl groups is 1. The number of amides is 1. The van der Waals surface area contributed by atoms with Gasteiger partial charge in [-0.25, -0.2) is 0 Å². The number of alkyl halides is 3. The molecule has 0 unspecified atom stereocenters. The molecule has 2 aromatic carbocycles. The topological polar surface area (TPSA) is 67.2 Å². The summed E-state index contributed by atoms with van der Waals surface area (Å²) >= 11 is 0. The maximum atomic E-state index is 12.8. The summed E-state index contributed by atoms with van der Waals surface area (Å²) in [4.78, 5) is 12.2. The van der Waals surface area contributed by atoms with Gasteiger partial charge in [0.15, 0.2) is 5.69 Å². The van der Waals surface area contributed by atoms with E-state index in [1.54, 1.807) is 24.3 Å². The van der Waals surface area contributed by atoms with Crippen molar-refractivity contribution in [3.63, 3.8) is 0 Å². The summed E-state index contributed by atoms with van der Waals surface area (Å²) in [5.74, 6) is -0.629. The fourth-order valence-electron chi connectivity index (χ4n) is 2.59. The summed E-state index contributed by atoms with van der Waals surface area (Å²) in [6.45, 7) is 1.90. The van der Waals surface area contributed by atoms with E-state index >= 15 is 0 Å². The highest BCUT2D eigenvalue weighted by Crippen LogP contribution is 2.35. The zero-order chi connectivity index (χ0) is 19.8. The van der Waals surface area contributed by atoms with Gasteiger partial charge in [0.05, 0.1) is 5.69 Å². The Morgan fingerprint density at radius 1 is 1.11 bits per heavy atom. The van der Waals surface area contributed by atoms with E-state index in [0.717, 1.165) is 16.3 Å². The van der Waals surface area contributed by atoms with Crippen molar-refractivity contribution in [3.8, 4) is 17.0 Å². The molecule has 0 radical (unpaired) electrons. The number of halogens is 3. The number of aromatic nitrogens is 2. The number of carbonyl (C=O) groups excluding carboxylic acids is 1. The number of anilines is 1. The van der Waals surface area contributed by atoms with Crippen LogP contribution in [-0.2, 0) is 13.2 Å². The zero-order valence-electron chi connectivity index (χ0n) is 14.5. The average Bonchev–Trinajstić information content (AvgIpc) is 2.97. The van der Waals surface area contributed by atoms with Crippen molar-refractivity contribution in [1.29, 1.82) is 0 Å². The number of hydrogen-bond acceptors (Lipinski definition) is 3. The number of carbonyl (C=O) groups is 1. The molecule has 5 nitrogen and oxygen atoms in total. The molecule has 0 bridgehead atoms. The van der Waals surface area contributed by atoms with Gasteiger partial charge in [0.2, 0.25) is 0 Å². The summed E-state index contributed by atoms with van der Waals surface area (Å²) in [5, 5.41) is 16.3. The summed E-state index contributed by atoms with van der Waals surface area (Å²) in [6, 6.07) is 12.0. The molecule has 0 fully saturated rings. The molecule has 1 heterocycles. The highest BCUT2D eigenvalue weighted by Gasteiger charge is 2.35. The summed E-state index contributed by atoms with van der Waals surface area (Å²) in [5.41, 5.74) is 1.02. The number of nitrogens with one attached hydrogen (secondary N) is 1. The second kappa shape index (κ2) is 6.79. The first-order chi connectivity index (χ1) is 12.6. The van der Waals surface area contributed by atoms with Crippen LogP contribution in [0, 0.1) is 6.92 Å². The van der Waals surface area contributed by atoms with E-state index < -0.39 is 11.9 Å². The Kier molecular flexibility index (Phi) is 4.65. The molecule has 0 saturated heterocycles. The predicted octanol–water partition coefficient (Wildman–Crippen LogP) is 4.37. The first-order valence-electron chi connectivity index (χ1n) is 7.98. The summed E-state index contributed by atoms with van der Waals surface area (Å²) < 4.78 is 39.5. The van der Waals surface area contributed by atoms with E-state index in [2.05, 4.69) is 10.4 Å². The SMILES string of the molecule is Cc1ccc(C(=O)Nc2ccc(-c3cc(C(F)(F)F)nn3C)c(O)c2)cc1. The molecule has 0 spiro atoms. The number of phenolic OH excluding ortho intramolecular Hbond substituents is 1. The van der Waals surface area contributed by atoms with Gasteiger partial charge in [-0.05, 0) is 37.3 Å². The minimum atomic E-state index is -4.58. The molecule has 140 valence electrons. The lowest BCUT2D eigenvalue weighted by Gasteiger charge is -2.09. The quantitative estimate of drug-likeness (QED) is 0.714. The third-order valence-electron chi connectivity index (χ3n) is 4.02. The predicted molar refractivity (Wildman–Crippen MR) is 94.4 cm³/mol. The van der Waals surface area contributed by atoms with Crippen LogP contribution >= 0.6 is 0 Å². The van der Waals surface area contributed by atoms with E-state index in [4.69, 9.17) is 0 Å². The fraction of sp³-hybridized carbons (Fsp3) is 0.158. The Morgan fingerprint density at radius 2 is 1.78 bits per heavy atom. The van der Waals surface area contributed by atoms with Gasteiger partial charge >= 0.3 is 6.18 Å². The fourth-order valence-corrected chi connectivity index (χ4v) is 2.59. The molecule has 27 heavy (non-hydrogen) atoms. The van der Waals surface area contributed by atoms with Gasteiger partial charge in [-0.3, -0.25) is 9.48 Å².